The van der Waals surface area contributed by atoms with Crippen LogP contribution in [0.15, 0.2) is 163 Å². The van der Waals surface area contributed by atoms with E-state index in [2.05, 4.69) is 150 Å². The predicted molar refractivity (Wildman–Crippen MR) is 296 cm³/mol. The summed E-state index contributed by atoms with van der Waals surface area (Å²) in [4.78, 5) is 15.5. The second kappa shape index (κ2) is 29.3. The van der Waals surface area contributed by atoms with Gasteiger partial charge in [-0.05, 0) is 136 Å². The number of carbonyl (C=O) groups is 1. The van der Waals surface area contributed by atoms with E-state index < -0.39 is 0 Å². The Bertz CT molecular complexity index is 2300. The molecule has 8 aliphatic rings. The lowest BCUT2D eigenvalue weighted by atomic mass is 9.72. The van der Waals surface area contributed by atoms with Gasteiger partial charge in [-0.15, -0.1) is 0 Å². The van der Waals surface area contributed by atoms with E-state index in [-0.39, 0.29) is 23.5 Å². The van der Waals surface area contributed by atoms with E-state index in [0.29, 0.717) is 13.2 Å². The lowest BCUT2D eigenvalue weighted by molar-refractivity contribution is -0.105. The highest BCUT2D eigenvalue weighted by molar-refractivity contribution is 9.11. The molecule has 0 spiro atoms. The molecule has 0 aromatic heterocycles. The second-order valence-electron chi connectivity index (χ2n) is 18.2. The van der Waals surface area contributed by atoms with Gasteiger partial charge in [-0.25, -0.2) is 0 Å². The summed E-state index contributed by atoms with van der Waals surface area (Å²) in [5, 5.41) is 3.79. The average molecular weight is 1020 g/mol. The number of carbonyl (C=O) groups excluding carboxylic acids is 1. The molecule has 3 aromatic rings. The van der Waals surface area contributed by atoms with Crippen LogP contribution in [0.4, 0.5) is 0 Å². The molecule has 3 saturated heterocycles. The summed E-state index contributed by atoms with van der Waals surface area (Å²) >= 11 is 3.48. The van der Waals surface area contributed by atoms with E-state index in [0.717, 1.165) is 70.3 Å². The zero-order valence-corrected chi connectivity index (χ0v) is 45.6. The van der Waals surface area contributed by atoms with Crippen LogP contribution in [-0.4, -0.2) is 64.1 Å². The molecule has 1 saturated carbocycles. The standard InChI is InChI=1S/C19H23NO2.C18H20O.C10H11N.C9H11BrO2.3C2H6/c1-14-12-15(18-21-10-11-22-18)13-17(14)19(8-5-9-20-19)16-6-3-2-4-7-16;1-14-11-15(13-19)12-17(14)18(9-5-6-10-18)16-7-3-2-4-8-16;1-2-5-9(6-3-1)10-7-4-8-11-10;1-6-4-7(5-8(6)10)9-11-2-3-12-9;3*1-2/h2-4,6-7,13,18,20H,5,8-12H2,1H3;2-4,7-8,12-13H,5-6,9-11H2,1H3;1-3,5-6H,4,7-8H2;5,9H,2-4H2,1H3;3*1-2H3. The van der Waals surface area contributed by atoms with Gasteiger partial charge in [-0.2, -0.15) is 0 Å². The third-order valence-corrected chi connectivity index (χ3v) is 14.8. The van der Waals surface area contributed by atoms with Crippen molar-refractivity contribution in [2.45, 2.75) is 156 Å². The molecular formula is C62H83BrN2O5. The molecule has 378 valence electrons. The fraction of sp³-hybridized carbons (Fsp3) is 0.484. The van der Waals surface area contributed by atoms with Crippen molar-refractivity contribution >= 4 is 27.9 Å². The molecule has 1 atom stereocenters. The van der Waals surface area contributed by atoms with Crippen molar-refractivity contribution in [1.29, 1.82) is 0 Å². The van der Waals surface area contributed by atoms with Crippen molar-refractivity contribution in [1.82, 2.24) is 5.32 Å². The molecule has 70 heavy (non-hydrogen) atoms. The van der Waals surface area contributed by atoms with E-state index in [9.17, 15) is 4.79 Å². The first-order chi connectivity index (χ1) is 34.3. The van der Waals surface area contributed by atoms with E-state index in [1.807, 2.05) is 47.6 Å². The van der Waals surface area contributed by atoms with Gasteiger partial charge in [0.1, 0.15) is 6.29 Å². The highest BCUT2D eigenvalue weighted by Crippen LogP contribution is 2.51. The Balaban J connectivity index is 0.000000173. The van der Waals surface area contributed by atoms with Crippen LogP contribution >= 0.6 is 15.9 Å². The minimum Gasteiger partial charge on any atom is -0.346 e. The van der Waals surface area contributed by atoms with Gasteiger partial charge in [0.25, 0.3) is 0 Å². The molecule has 0 amide bonds. The van der Waals surface area contributed by atoms with Gasteiger partial charge in [0.05, 0.1) is 32.0 Å². The smallest absolute Gasteiger partial charge is 0.180 e. The van der Waals surface area contributed by atoms with Gasteiger partial charge in [-0.1, -0.05) is 190 Å². The Morgan fingerprint density at radius 1 is 0.586 bits per heavy atom. The van der Waals surface area contributed by atoms with Crippen molar-refractivity contribution in [2.75, 3.05) is 39.5 Å². The van der Waals surface area contributed by atoms with Crippen LogP contribution in [-0.2, 0) is 34.7 Å². The average Bonchev–Trinajstić information content (AvgIpc) is 4.27. The van der Waals surface area contributed by atoms with Crippen LogP contribution in [0, 0.1) is 0 Å². The maximum Gasteiger partial charge on any atom is 0.180 e. The molecule has 7 nitrogen and oxygen atoms in total. The molecule has 8 heteroatoms. The summed E-state index contributed by atoms with van der Waals surface area (Å²) in [7, 11) is 0. The van der Waals surface area contributed by atoms with Gasteiger partial charge < -0.3 is 24.3 Å². The number of ether oxygens (including phenoxy) is 4. The molecule has 1 N–H and O–H groups in total. The maximum absolute atomic E-state index is 11.1. The van der Waals surface area contributed by atoms with Crippen molar-refractivity contribution in [3.63, 3.8) is 0 Å². The minimum atomic E-state index is -0.137. The van der Waals surface area contributed by atoms with Crippen LogP contribution in [0.25, 0.3) is 0 Å². The molecule has 4 aliphatic heterocycles. The normalized spacial score (nSPS) is 22.3. The highest BCUT2D eigenvalue weighted by Gasteiger charge is 2.42. The lowest BCUT2D eigenvalue weighted by Gasteiger charge is -2.32. The van der Waals surface area contributed by atoms with E-state index in [4.69, 9.17) is 18.9 Å². The quantitative estimate of drug-likeness (QED) is 0.227. The molecule has 3 aromatic carbocycles. The number of hydrogen-bond donors (Lipinski definition) is 1. The Hall–Kier alpha value is -4.28. The first kappa shape index (κ1) is 56.6. The van der Waals surface area contributed by atoms with Crippen molar-refractivity contribution in [2.24, 2.45) is 4.99 Å². The summed E-state index contributed by atoms with van der Waals surface area (Å²) in [5.41, 5.74) is 15.9. The molecule has 1 unspecified atom stereocenters. The Labute approximate surface area is 430 Å². The van der Waals surface area contributed by atoms with Crippen molar-refractivity contribution in [3.05, 3.63) is 175 Å². The van der Waals surface area contributed by atoms with Gasteiger partial charge in [0.15, 0.2) is 12.6 Å². The maximum atomic E-state index is 11.1. The lowest BCUT2D eigenvalue weighted by Crippen LogP contribution is -2.38. The number of hydrogen-bond acceptors (Lipinski definition) is 7. The molecule has 11 rings (SSSR count). The van der Waals surface area contributed by atoms with Gasteiger partial charge >= 0.3 is 0 Å². The number of benzene rings is 3. The molecule has 0 radical (unpaired) electrons. The van der Waals surface area contributed by atoms with Crippen molar-refractivity contribution in [3.8, 4) is 0 Å². The van der Waals surface area contributed by atoms with Gasteiger partial charge in [0, 0.05) is 22.2 Å². The topological polar surface area (TPSA) is 78.4 Å². The van der Waals surface area contributed by atoms with Crippen LogP contribution < -0.4 is 5.32 Å². The summed E-state index contributed by atoms with van der Waals surface area (Å²) in [6.45, 7) is 23.5. The number of halogens is 1. The van der Waals surface area contributed by atoms with E-state index in [1.54, 1.807) is 0 Å². The van der Waals surface area contributed by atoms with Gasteiger partial charge in [-0.3, -0.25) is 9.79 Å². The predicted octanol–water partition coefficient (Wildman–Crippen LogP) is 15.3. The molecule has 4 heterocycles. The SMILES string of the molecule is CC.CC.CC.CC1=C(Br)C=C(C2OCCO2)C1.CC1=C(C2(c3ccccc3)CCCC2)C=C(C=O)C1.CC1=C(C2(c3ccccc3)CCCN2)C=C(C2OCCO2)C1.c1ccc(C2=NCCC2)cc1. The van der Waals surface area contributed by atoms with Gasteiger partial charge in [0.2, 0.25) is 0 Å². The van der Waals surface area contributed by atoms with Crippen LogP contribution in [0.2, 0.25) is 0 Å². The molecular weight excluding hydrogens is 933 g/mol. The zero-order valence-electron chi connectivity index (χ0n) is 44.0. The number of aldehydes is 1. The second-order valence-corrected chi connectivity index (χ2v) is 19.1. The number of nitrogens with one attached hydrogen (secondary N) is 1. The summed E-state index contributed by atoms with van der Waals surface area (Å²) < 4.78 is 23.4. The third-order valence-electron chi connectivity index (χ3n) is 13.9. The number of rotatable bonds is 8. The summed E-state index contributed by atoms with van der Waals surface area (Å²) in [5.74, 6) is 0. The Morgan fingerprint density at radius 2 is 1.10 bits per heavy atom. The first-order valence-electron chi connectivity index (χ1n) is 26.5. The summed E-state index contributed by atoms with van der Waals surface area (Å²) in [6, 6.07) is 32.1. The number of allylic oxidation sites excluding steroid dienone is 8. The number of nitrogens with zero attached hydrogens (tertiary/aromatic N) is 1. The zero-order chi connectivity index (χ0) is 50.4. The fourth-order valence-electron chi connectivity index (χ4n) is 10.8. The van der Waals surface area contributed by atoms with E-state index >= 15 is 0 Å². The van der Waals surface area contributed by atoms with Crippen LogP contribution in [0.1, 0.15) is 150 Å². The Kier molecular flexibility index (Phi) is 23.7. The largest absolute Gasteiger partial charge is 0.346 e. The summed E-state index contributed by atoms with van der Waals surface area (Å²) in [6.07, 6.45) is 19.9. The van der Waals surface area contributed by atoms with E-state index in [1.165, 1.54) is 104 Å². The fourth-order valence-corrected chi connectivity index (χ4v) is 11.2. The molecule has 4 aliphatic carbocycles. The van der Waals surface area contributed by atoms with Crippen LogP contribution in [0.5, 0.6) is 0 Å². The third kappa shape index (κ3) is 14.2. The first-order valence-corrected chi connectivity index (χ1v) is 27.3. The highest BCUT2D eigenvalue weighted by atomic mass is 79.9. The molecule has 4 fully saturated rings. The molecule has 0 bridgehead atoms. The Morgan fingerprint density at radius 3 is 1.57 bits per heavy atom. The van der Waals surface area contributed by atoms with Crippen LogP contribution in [0.3, 0.4) is 0 Å². The minimum absolute atomic E-state index is 0.0360. The monoisotopic (exact) mass is 1010 g/mol. The number of aliphatic imine (C=N–C) groups is 1. The van der Waals surface area contributed by atoms with Crippen molar-refractivity contribution < 1.29 is 23.7 Å².